The van der Waals surface area contributed by atoms with Gasteiger partial charge < -0.3 is 10.2 Å². The summed E-state index contributed by atoms with van der Waals surface area (Å²) in [6.45, 7) is 2.29. The molecule has 0 fully saturated rings. The molecular weight excluding hydrogens is 323 g/mol. The van der Waals surface area contributed by atoms with Gasteiger partial charge in [0.05, 0.1) is 0 Å². The number of hydrogen-bond donors (Lipinski definition) is 4. The maximum absolute atomic E-state index is 8.74. The summed E-state index contributed by atoms with van der Waals surface area (Å²) >= 11 is 1.41. The molecular formula is C13H29NaO7S. The summed E-state index contributed by atoms with van der Waals surface area (Å²) in [4.78, 5) is 8.56. The maximum Gasteiger partial charge on any atom is 0.503 e. The molecule has 0 rings (SSSR count). The topological polar surface area (TPSA) is 132 Å². The molecule has 130 valence electrons. The van der Waals surface area contributed by atoms with Gasteiger partial charge in [-0.05, 0) is 0 Å². The fourth-order valence-electron chi connectivity index (χ4n) is 1.74. The normalized spacial score (nSPS) is 10.0. The van der Waals surface area contributed by atoms with E-state index < -0.39 is 16.6 Å². The molecule has 0 spiro atoms. The summed E-state index contributed by atoms with van der Waals surface area (Å²) in [5.74, 6) is 0. The van der Waals surface area contributed by atoms with Gasteiger partial charge in [0.25, 0.3) is 0 Å². The fraction of sp³-hybridized carbons (Fsp3) is 0.923. The zero-order valence-electron chi connectivity index (χ0n) is 13.7. The Hall–Kier alpha value is 0.140. The van der Waals surface area contributed by atoms with E-state index in [0.717, 1.165) is 0 Å². The molecule has 0 aliphatic heterocycles. The maximum atomic E-state index is 8.74. The average Bonchev–Trinajstić information content (AvgIpc) is 2.34. The predicted octanol–water partition coefficient (Wildman–Crippen LogP) is 4.06. The van der Waals surface area contributed by atoms with E-state index in [0.29, 0.717) is 0 Å². The van der Waals surface area contributed by atoms with Crippen LogP contribution in [0.25, 0.3) is 0 Å². The van der Waals surface area contributed by atoms with Crippen molar-refractivity contribution >= 4 is 44.5 Å². The van der Waals surface area contributed by atoms with Crippen molar-refractivity contribution in [1.29, 1.82) is 0 Å². The Bertz CT molecular complexity index is 298. The first kappa shape index (κ1) is 27.0. The Labute approximate surface area is 151 Å². The molecule has 0 unspecified atom stereocenters. The Morgan fingerprint density at radius 3 is 1.27 bits per heavy atom. The first-order valence-corrected chi connectivity index (χ1v) is 10.6. The van der Waals surface area contributed by atoms with Crippen LogP contribution in [0.4, 0.5) is 4.79 Å². The second-order valence-corrected chi connectivity index (χ2v) is 6.81. The molecule has 0 atom stereocenters. The smallest absolute Gasteiger partial charge is 0.450 e. The van der Waals surface area contributed by atoms with Crippen molar-refractivity contribution in [3.63, 3.8) is 0 Å². The number of unbranched alkanes of at least 4 members (excludes halogenated alkanes) is 9. The molecule has 7 nitrogen and oxygen atoms in total. The van der Waals surface area contributed by atoms with Crippen LogP contribution < -0.4 is 0 Å². The largest absolute Gasteiger partial charge is 0.503 e. The van der Waals surface area contributed by atoms with E-state index in [2.05, 4.69) is 6.92 Å². The van der Waals surface area contributed by atoms with Crippen molar-refractivity contribution in [3.05, 3.63) is 0 Å². The second-order valence-electron chi connectivity index (χ2n) is 4.91. The molecule has 0 saturated heterocycles. The summed E-state index contributed by atoms with van der Waals surface area (Å²) < 4.78 is 33.1. The molecule has 0 aromatic rings. The Morgan fingerprint density at radius 2 is 1.05 bits per heavy atom. The summed E-state index contributed by atoms with van der Waals surface area (Å²) in [6.07, 6.45) is 12.9. The van der Waals surface area contributed by atoms with Gasteiger partial charge in [0.2, 0.25) is 0 Å². The average molecular weight is 352 g/mol. The molecule has 0 aromatic heterocycles. The number of hydrogen-bond acceptors (Lipinski definition) is 3. The summed E-state index contributed by atoms with van der Waals surface area (Å²) in [5, 5.41) is 13.9. The zero-order chi connectivity index (χ0) is 17.9. The zero-order valence-corrected chi connectivity index (χ0v) is 16.5. The minimum atomic E-state index is -4.67. The fourth-order valence-corrected chi connectivity index (χ4v) is 2.24. The Kier molecular flexibility index (Phi) is 26.0. The van der Waals surface area contributed by atoms with Gasteiger partial charge in [-0.25, -0.2) is 4.79 Å². The standard InChI is InChI=1S/C12H25.CH2O3.Na.H2O4S/c1-3-5-7-9-11-12-10-8-6-4-2;2-1(3)4;;1-5(2,3)4/h1,3-12H2,2H3;(H2,2,3,4);;(H2,1,2,3,4). The van der Waals surface area contributed by atoms with Gasteiger partial charge in [0, 0.05) is 0 Å². The van der Waals surface area contributed by atoms with Crippen molar-refractivity contribution in [2.24, 2.45) is 0 Å². The molecule has 4 N–H and O–H groups in total. The van der Waals surface area contributed by atoms with Crippen molar-refractivity contribution in [1.82, 2.24) is 0 Å². The first-order chi connectivity index (χ1) is 10.1. The van der Waals surface area contributed by atoms with Crippen LogP contribution in [0.5, 0.6) is 0 Å². The molecule has 0 aliphatic carbocycles. The predicted molar refractivity (Wildman–Crippen MR) is 87.2 cm³/mol. The van der Waals surface area contributed by atoms with Crippen molar-refractivity contribution in [2.45, 2.75) is 74.8 Å². The van der Waals surface area contributed by atoms with Gasteiger partial charge in [0.1, 0.15) is 0 Å². The van der Waals surface area contributed by atoms with Crippen molar-refractivity contribution < 1.29 is 32.5 Å². The van der Waals surface area contributed by atoms with Gasteiger partial charge in [-0.1, -0.05) is 0 Å². The molecule has 22 heavy (non-hydrogen) atoms. The SMILES string of the molecule is CCCCCCCCCCC[CH2][Na].O=C(O)O.O=S(=O)(O)O. The van der Waals surface area contributed by atoms with E-state index in [9.17, 15) is 0 Å². The van der Waals surface area contributed by atoms with E-state index >= 15 is 0 Å². The summed E-state index contributed by atoms with van der Waals surface area (Å²) in [7, 11) is -4.67. The molecule has 0 aliphatic rings. The third kappa shape index (κ3) is 71.8. The first-order valence-electron chi connectivity index (χ1n) is 7.76. The molecule has 9 heteroatoms. The van der Waals surface area contributed by atoms with Gasteiger partial charge in [-0.15, -0.1) is 0 Å². The van der Waals surface area contributed by atoms with Crippen LogP contribution in [0.15, 0.2) is 0 Å². The van der Waals surface area contributed by atoms with Crippen LogP contribution in [-0.2, 0) is 10.4 Å². The summed E-state index contributed by atoms with van der Waals surface area (Å²) in [5.41, 5.74) is 0. The minimum Gasteiger partial charge on any atom is -0.450 e. The number of carbonyl (C=O) groups is 1. The van der Waals surface area contributed by atoms with Gasteiger partial charge in [-0.2, -0.15) is 8.42 Å². The van der Waals surface area contributed by atoms with Gasteiger partial charge in [0.15, 0.2) is 0 Å². The van der Waals surface area contributed by atoms with E-state index in [1.807, 2.05) is 0 Å². The minimum absolute atomic E-state index is 1.38. The van der Waals surface area contributed by atoms with Crippen LogP contribution in [0.2, 0.25) is 3.67 Å². The number of rotatable bonds is 10. The van der Waals surface area contributed by atoms with E-state index in [1.54, 1.807) is 0 Å². The van der Waals surface area contributed by atoms with Gasteiger partial charge in [-0.3, -0.25) is 9.11 Å². The molecule has 0 radical (unpaired) electrons. The van der Waals surface area contributed by atoms with E-state index in [1.165, 1.54) is 95.8 Å². The third-order valence-electron chi connectivity index (χ3n) is 2.71. The molecule has 0 heterocycles. The van der Waals surface area contributed by atoms with Crippen LogP contribution >= 0.6 is 0 Å². The second kappa shape index (κ2) is 21.1. The van der Waals surface area contributed by atoms with Crippen LogP contribution in [0.1, 0.15) is 71.1 Å². The molecule has 0 amide bonds. The van der Waals surface area contributed by atoms with Crippen LogP contribution in [0.3, 0.4) is 0 Å². The van der Waals surface area contributed by atoms with Crippen LogP contribution in [-0.4, -0.2) is 61.8 Å². The van der Waals surface area contributed by atoms with Crippen molar-refractivity contribution in [3.8, 4) is 0 Å². The Morgan fingerprint density at radius 1 is 0.818 bits per heavy atom. The molecule has 0 bridgehead atoms. The van der Waals surface area contributed by atoms with E-state index in [-0.39, 0.29) is 0 Å². The van der Waals surface area contributed by atoms with Crippen LogP contribution in [0, 0.1) is 0 Å². The molecule has 0 saturated carbocycles. The van der Waals surface area contributed by atoms with Crippen molar-refractivity contribution in [2.75, 3.05) is 0 Å². The molecule has 0 aromatic carbocycles. The van der Waals surface area contributed by atoms with E-state index in [4.69, 9.17) is 32.5 Å². The monoisotopic (exact) mass is 352 g/mol. The number of carboxylic acid groups (broad SMARTS) is 2. The Balaban J connectivity index is -0.000000330. The third-order valence-corrected chi connectivity index (χ3v) is 3.41. The quantitative estimate of drug-likeness (QED) is 0.265. The summed E-state index contributed by atoms with van der Waals surface area (Å²) in [6, 6.07) is 0. The van der Waals surface area contributed by atoms with Gasteiger partial charge >= 0.3 is 119 Å².